The standard InChI is InChI=1S/C21H29N5.HI/c1-22-21(24-15-18-9-11-23-20(14-18)25(2)3)26-12-10-19(16-26)13-17-7-5-4-6-8-17;/h4-9,11,14,19H,10,12-13,15-16H2,1-3H3,(H,22,24);1H. The van der Waals surface area contributed by atoms with E-state index in [-0.39, 0.29) is 24.0 Å². The summed E-state index contributed by atoms with van der Waals surface area (Å²) in [5.41, 5.74) is 2.64. The van der Waals surface area contributed by atoms with Gasteiger partial charge in [-0.2, -0.15) is 0 Å². The molecule has 0 radical (unpaired) electrons. The van der Waals surface area contributed by atoms with Crippen molar-refractivity contribution in [2.24, 2.45) is 10.9 Å². The van der Waals surface area contributed by atoms with Gasteiger partial charge in [-0.05, 0) is 42.0 Å². The molecule has 1 N–H and O–H groups in total. The first kappa shape index (κ1) is 21.5. The van der Waals surface area contributed by atoms with Crippen molar-refractivity contribution in [1.29, 1.82) is 0 Å². The molecule has 0 aliphatic carbocycles. The number of likely N-dealkylation sites (tertiary alicyclic amines) is 1. The molecule has 146 valence electrons. The Morgan fingerprint density at radius 2 is 2.00 bits per heavy atom. The number of aliphatic imine (C=N–C) groups is 1. The van der Waals surface area contributed by atoms with Gasteiger partial charge in [-0.1, -0.05) is 30.3 Å². The molecule has 5 nitrogen and oxygen atoms in total. The molecule has 0 saturated carbocycles. The van der Waals surface area contributed by atoms with Crippen LogP contribution in [0.1, 0.15) is 17.5 Å². The zero-order valence-electron chi connectivity index (χ0n) is 16.4. The van der Waals surface area contributed by atoms with Crippen molar-refractivity contribution < 1.29 is 0 Å². The van der Waals surface area contributed by atoms with Crippen molar-refractivity contribution in [3.8, 4) is 0 Å². The van der Waals surface area contributed by atoms with Gasteiger partial charge in [0, 0.05) is 47.0 Å². The molecule has 1 unspecified atom stereocenters. The first-order valence-corrected chi connectivity index (χ1v) is 9.27. The predicted molar refractivity (Wildman–Crippen MR) is 124 cm³/mol. The number of hydrogen-bond acceptors (Lipinski definition) is 3. The van der Waals surface area contributed by atoms with E-state index in [1.54, 1.807) is 0 Å². The summed E-state index contributed by atoms with van der Waals surface area (Å²) in [5, 5.41) is 3.51. The number of guanidine groups is 1. The van der Waals surface area contributed by atoms with Gasteiger partial charge in [0.05, 0.1) is 0 Å². The van der Waals surface area contributed by atoms with Crippen LogP contribution < -0.4 is 10.2 Å². The fourth-order valence-electron chi connectivity index (χ4n) is 3.47. The number of benzene rings is 1. The lowest BCUT2D eigenvalue weighted by molar-refractivity contribution is 0.460. The highest BCUT2D eigenvalue weighted by Crippen LogP contribution is 2.21. The van der Waals surface area contributed by atoms with E-state index in [4.69, 9.17) is 0 Å². The van der Waals surface area contributed by atoms with Crippen molar-refractivity contribution in [2.75, 3.05) is 39.1 Å². The van der Waals surface area contributed by atoms with Gasteiger partial charge in [0.25, 0.3) is 0 Å². The minimum Gasteiger partial charge on any atom is -0.363 e. The third kappa shape index (κ3) is 6.09. The lowest BCUT2D eigenvalue weighted by atomic mass is 9.99. The highest BCUT2D eigenvalue weighted by atomic mass is 127. The van der Waals surface area contributed by atoms with E-state index in [2.05, 4.69) is 62.7 Å². The normalized spacial score (nSPS) is 16.8. The Morgan fingerprint density at radius 3 is 2.70 bits per heavy atom. The molecule has 6 heteroatoms. The van der Waals surface area contributed by atoms with E-state index in [1.807, 2.05) is 32.2 Å². The average molecular weight is 479 g/mol. The van der Waals surface area contributed by atoms with Gasteiger partial charge < -0.3 is 15.1 Å². The quantitative estimate of drug-likeness (QED) is 0.406. The topological polar surface area (TPSA) is 43.8 Å². The number of nitrogens with zero attached hydrogens (tertiary/aromatic N) is 4. The van der Waals surface area contributed by atoms with Crippen LogP contribution in [0.25, 0.3) is 0 Å². The van der Waals surface area contributed by atoms with Gasteiger partial charge in [0.2, 0.25) is 0 Å². The molecule has 2 aromatic rings. The molecule has 3 rings (SSSR count). The zero-order valence-corrected chi connectivity index (χ0v) is 18.8. The predicted octanol–water partition coefficient (Wildman–Crippen LogP) is 3.41. The summed E-state index contributed by atoms with van der Waals surface area (Å²) in [5.74, 6) is 2.66. The molecule has 1 aromatic heterocycles. The maximum absolute atomic E-state index is 4.49. The van der Waals surface area contributed by atoms with E-state index >= 15 is 0 Å². The summed E-state index contributed by atoms with van der Waals surface area (Å²) in [4.78, 5) is 13.3. The van der Waals surface area contributed by atoms with E-state index in [0.29, 0.717) is 5.92 Å². The minimum absolute atomic E-state index is 0. The van der Waals surface area contributed by atoms with Crippen LogP contribution in [-0.2, 0) is 13.0 Å². The second kappa shape index (κ2) is 10.5. The molecule has 1 saturated heterocycles. The summed E-state index contributed by atoms with van der Waals surface area (Å²) in [7, 11) is 5.88. The Hall–Kier alpha value is -1.83. The number of nitrogens with one attached hydrogen (secondary N) is 1. The Labute approximate surface area is 179 Å². The zero-order chi connectivity index (χ0) is 18.4. The third-order valence-electron chi connectivity index (χ3n) is 4.88. The Morgan fingerprint density at radius 1 is 1.22 bits per heavy atom. The number of pyridine rings is 1. The molecule has 1 fully saturated rings. The first-order valence-electron chi connectivity index (χ1n) is 9.27. The van der Waals surface area contributed by atoms with Crippen LogP contribution in [-0.4, -0.2) is 50.1 Å². The largest absolute Gasteiger partial charge is 0.363 e. The van der Waals surface area contributed by atoms with E-state index < -0.39 is 0 Å². The third-order valence-corrected chi connectivity index (χ3v) is 4.88. The molecular formula is C21H30IN5. The molecule has 0 bridgehead atoms. The second-order valence-corrected chi connectivity index (χ2v) is 7.11. The lowest BCUT2D eigenvalue weighted by Gasteiger charge is -2.22. The van der Waals surface area contributed by atoms with Crippen molar-refractivity contribution in [3.05, 3.63) is 59.8 Å². The number of anilines is 1. The molecule has 1 aromatic carbocycles. The SMILES string of the molecule is CN=C(NCc1ccnc(N(C)C)c1)N1CCC(Cc2ccccc2)C1.I. The highest BCUT2D eigenvalue weighted by Gasteiger charge is 2.24. The summed E-state index contributed by atoms with van der Waals surface area (Å²) in [6.07, 6.45) is 4.22. The van der Waals surface area contributed by atoms with Gasteiger partial charge in [-0.25, -0.2) is 4.98 Å². The van der Waals surface area contributed by atoms with Crippen LogP contribution in [0.15, 0.2) is 53.7 Å². The molecule has 1 aliphatic heterocycles. The van der Waals surface area contributed by atoms with Crippen molar-refractivity contribution in [2.45, 2.75) is 19.4 Å². The monoisotopic (exact) mass is 479 g/mol. The molecule has 0 spiro atoms. The van der Waals surface area contributed by atoms with Crippen LogP contribution in [0.2, 0.25) is 0 Å². The van der Waals surface area contributed by atoms with Gasteiger partial charge in [0.15, 0.2) is 5.96 Å². The molecule has 0 amide bonds. The van der Waals surface area contributed by atoms with Crippen molar-refractivity contribution >= 4 is 35.8 Å². The van der Waals surface area contributed by atoms with Gasteiger partial charge in [0.1, 0.15) is 5.82 Å². The lowest BCUT2D eigenvalue weighted by Crippen LogP contribution is -2.39. The van der Waals surface area contributed by atoms with Crippen LogP contribution in [0, 0.1) is 5.92 Å². The number of aromatic nitrogens is 1. The Bertz CT molecular complexity index is 732. The van der Waals surface area contributed by atoms with E-state index in [0.717, 1.165) is 37.8 Å². The first-order chi connectivity index (χ1) is 12.7. The highest BCUT2D eigenvalue weighted by molar-refractivity contribution is 14.0. The van der Waals surface area contributed by atoms with Crippen LogP contribution in [0.4, 0.5) is 5.82 Å². The van der Waals surface area contributed by atoms with Crippen molar-refractivity contribution in [1.82, 2.24) is 15.2 Å². The molecular weight excluding hydrogens is 449 g/mol. The van der Waals surface area contributed by atoms with Gasteiger partial charge >= 0.3 is 0 Å². The summed E-state index contributed by atoms with van der Waals surface area (Å²) < 4.78 is 0. The second-order valence-electron chi connectivity index (χ2n) is 7.11. The number of rotatable bonds is 5. The molecule has 2 heterocycles. The van der Waals surface area contributed by atoms with Crippen LogP contribution in [0.3, 0.4) is 0 Å². The average Bonchev–Trinajstić information content (AvgIpc) is 3.11. The molecule has 1 aliphatic rings. The van der Waals surface area contributed by atoms with Crippen molar-refractivity contribution in [3.63, 3.8) is 0 Å². The number of halogens is 1. The van der Waals surface area contributed by atoms with Gasteiger partial charge in [-0.3, -0.25) is 4.99 Å². The maximum atomic E-state index is 4.49. The molecule has 27 heavy (non-hydrogen) atoms. The Balaban J connectivity index is 0.00000261. The fourth-order valence-corrected chi connectivity index (χ4v) is 3.47. The number of hydrogen-bond donors (Lipinski definition) is 1. The maximum Gasteiger partial charge on any atom is 0.193 e. The van der Waals surface area contributed by atoms with Crippen LogP contribution in [0.5, 0.6) is 0 Å². The van der Waals surface area contributed by atoms with Gasteiger partial charge in [-0.15, -0.1) is 24.0 Å². The van der Waals surface area contributed by atoms with E-state index in [1.165, 1.54) is 17.5 Å². The summed E-state index contributed by atoms with van der Waals surface area (Å²) >= 11 is 0. The summed E-state index contributed by atoms with van der Waals surface area (Å²) in [6.45, 7) is 2.89. The Kier molecular flexibility index (Phi) is 8.34. The summed E-state index contributed by atoms with van der Waals surface area (Å²) in [6, 6.07) is 14.9. The fraction of sp³-hybridized carbons (Fsp3) is 0.429. The van der Waals surface area contributed by atoms with Crippen LogP contribution >= 0.6 is 24.0 Å². The molecule has 1 atom stereocenters. The smallest absolute Gasteiger partial charge is 0.193 e. The van der Waals surface area contributed by atoms with E-state index in [9.17, 15) is 0 Å². The minimum atomic E-state index is 0.